The lowest BCUT2D eigenvalue weighted by Crippen LogP contribution is -2.42. The van der Waals surface area contributed by atoms with E-state index in [4.69, 9.17) is 4.74 Å². The lowest BCUT2D eigenvalue weighted by Gasteiger charge is -2.08. The molecule has 0 aliphatic rings. The smallest absolute Gasteiger partial charge is 0.269 e. The van der Waals surface area contributed by atoms with Crippen molar-refractivity contribution in [2.45, 2.75) is 6.42 Å². The fourth-order valence-electron chi connectivity index (χ4n) is 1.84. The standard InChI is InChI=1S/C16H16N2O4/c1-22-14-7-5-12(6-8-14)16(21)18-17-15(20)10-11-3-2-4-13(19)9-11/h2-9,19H,10H2,1H3,(H,17,20)(H,18,21). The van der Waals surface area contributed by atoms with Gasteiger partial charge in [0.25, 0.3) is 5.91 Å². The molecule has 0 bridgehead atoms. The number of benzene rings is 2. The van der Waals surface area contributed by atoms with Gasteiger partial charge in [0.05, 0.1) is 13.5 Å². The van der Waals surface area contributed by atoms with Gasteiger partial charge in [-0.1, -0.05) is 12.1 Å². The molecule has 2 amide bonds. The van der Waals surface area contributed by atoms with Crippen LogP contribution in [0.1, 0.15) is 15.9 Å². The summed E-state index contributed by atoms with van der Waals surface area (Å²) in [7, 11) is 1.54. The number of carbonyl (C=O) groups excluding carboxylic acids is 2. The Balaban J connectivity index is 1.86. The summed E-state index contributed by atoms with van der Waals surface area (Å²) in [5, 5.41) is 9.32. The van der Waals surface area contributed by atoms with Crippen molar-refractivity contribution in [2.75, 3.05) is 7.11 Å². The fraction of sp³-hybridized carbons (Fsp3) is 0.125. The number of carbonyl (C=O) groups is 2. The molecule has 0 aliphatic heterocycles. The van der Waals surface area contributed by atoms with Gasteiger partial charge >= 0.3 is 0 Å². The molecule has 0 aliphatic carbocycles. The molecule has 0 atom stereocenters. The second-order valence-corrected chi connectivity index (χ2v) is 4.58. The number of phenols is 1. The Morgan fingerprint density at radius 3 is 2.45 bits per heavy atom. The largest absolute Gasteiger partial charge is 0.508 e. The monoisotopic (exact) mass is 300 g/mol. The van der Waals surface area contributed by atoms with Crippen molar-refractivity contribution in [3.8, 4) is 11.5 Å². The minimum absolute atomic E-state index is 0.0529. The lowest BCUT2D eigenvalue weighted by molar-refractivity contribution is -0.121. The summed E-state index contributed by atoms with van der Waals surface area (Å²) in [5.41, 5.74) is 5.71. The van der Waals surface area contributed by atoms with Gasteiger partial charge < -0.3 is 9.84 Å². The molecule has 0 aromatic heterocycles. The van der Waals surface area contributed by atoms with Crippen molar-refractivity contribution < 1.29 is 19.4 Å². The number of hydrogen-bond acceptors (Lipinski definition) is 4. The van der Waals surface area contributed by atoms with Gasteiger partial charge in [0.1, 0.15) is 11.5 Å². The molecule has 0 fully saturated rings. The zero-order valence-corrected chi connectivity index (χ0v) is 12.0. The maximum absolute atomic E-state index is 11.8. The first-order valence-electron chi connectivity index (χ1n) is 6.59. The van der Waals surface area contributed by atoms with Crippen LogP contribution in [0.25, 0.3) is 0 Å². The predicted molar refractivity (Wildman–Crippen MR) is 80.4 cm³/mol. The van der Waals surface area contributed by atoms with Crippen LogP contribution in [0.5, 0.6) is 11.5 Å². The first kappa shape index (κ1) is 15.4. The fourth-order valence-corrected chi connectivity index (χ4v) is 1.84. The Hall–Kier alpha value is -3.02. The van der Waals surface area contributed by atoms with E-state index in [9.17, 15) is 14.7 Å². The van der Waals surface area contributed by atoms with Crippen LogP contribution in [0.4, 0.5) is 0 Å². The van der Waals surface area contributed by atoms with Crippen LogP contribution in [-0.2, 0) is 11.2 Å². The Morgan fingerprint density at radius 2 is 1.82 bits per heavy atom. The molecule has 2 rings (SSSR count). The quantitative estimate of drug-likeness (QED) is 0.745. The topological polar surface area (TPSA) is 87.7 Å². The Morgan fingerprint density at radius 1 is 1.09 bits per heavy atom. The van der Waals surface area contributed by atoms with Crippen molar-refractivity contribution in [3.05, 3.63) is 59.7 Å². The Bertz CT molecular complexity index is 668. The number of aromatic hydroxyl groups is 1. The highest BCUT2D eigenvalue weighted by Crippen LogP contribution is 2.12. The molecular formula is C16H16N2O4. The van der Waals surface area contributed by atoms with E-state index in [0.717, 1.165) is 0 Å². The van der Waals surface area contributed by atoms with Gasteiger partial charge in [0.2, 0.25) is 5.91 Å². The minimum Gasteiger partial charge on any atom is -0.508 e. The number of ether oxygens (including phenoxy) is 1. The van der Waals surface area contributed by atoms with Crippen LogP contribution in [-0.4, -0.2) is 24.0 Å². The zero-order valence-electron chi connectivity index (χ0n) is 12.0. The predicted octanol–water partition coefficient (Wildman–Crippen LogP) is 1.40. The molecule has 0 heterocycles. The molecule has 3 N–H and O–H groups in total. The van der Waals surface area contributed by atoms with Crippen LogP contribution < -0.4 is 15.6 Å². The van der Waals surface area contributed by atoms with Crippen LogP contribution >= 0.6 is 0 Å². The van der Waals surface area contributed by atoms with Gasteiger partial charge in [-0.25, -0.2) is 0 Å². The van der Waals surface area contributed by atoms with Crippen LogP contribution in [0.15, 0.2) is 48.5 Å². The molecule has 2 aromatic rings. The maximum Gasteiger partial charge on any atom is 0.269 e. The number of amides is 2. The first-order chi connectivity index (χ1) is 10.6. The van der Waals surface area contributed by atoms with E-state index in [-0.39, 0.29) is 18.1 Å². The van der Waals surface area contributed by atoms with E-state index in [0.29, 0.717) is 16.9 Å². The van der Waals surface area contributed by atoms with Gasteiger partial charge in [-0.3, -0.25) is 20.4 Å². The summed E-state index contributed by atoms with van der Waals surface area (Å²) < 4.78 is 5.00. The van der Waals surface area contributed by atoms with E-state index in [2.05, 4.69) is 10.9 Å². The van der Waals surface area contributed by atoms with E-state index in [1.165, 1.54) is 19.2 Å². The maximum atomic E-state index is 11.8. The third kappa shape index (κ3) is 4.24. The number of rotatable bonds is 4. The number of hydrazine groups is 1. The molecule has 0 saturated heterocycles. The molecule has 6 heteroatoms. The molecule has 6 nitrogen and oxygen atoms in total. The van der Waals surface area contributed by atoms with Crippen molar-refractivity contribution in [1.82, 2.24) is 10.9 Å². The van der Waals surface area contributed by atoms with E-state index in [1.54, 1.807) is 36.4 Å². The third-order valence-corrected chi connectivity index (χ3v) is 2.94. The minimum atomic E-state index is -0.424. The van der Waals surface area contributed by atoms with E-state index < -0.39 is 5.91 Å². The van der Waals surface area contributed by atoms with Crippen LogP contribution in [0, 0.1) is 0 Å². The summed E-state index contributed by atoms with van der Waals surface area (Å²) >= 11 is 0. The normalized spacial score (nSPS) is 9.86. The lowest BCUT2D eigenvalue weighted by atomic mass is 10.1. The van der Waals surface area contributed by atoms with Crippen LogP contribution in [0.2, 0.25) is 0 Å². The molecule has 2 aromatic carbocycles. The molecule has 114 valence electrons. The van der Waals surface area contributed by atoms with Gasteiger partial charge in [-0.2, -0.15) is 0 Å². The summed E-state index contributed by atoms with van der Waals surface area (Å²) in [6.45, 7) is 0. The van der Waals surface area contributed by atoms with E-state index in [1.807, 2.05) is 0 Å². The number of nitrogens with one attached hydrogen (secondary N) is 2. The highest BCUT2D eigenvalue weighted by molar-refractivity contribution is 5.95. The second-order valence-electron chi connectivity index (χ2n) is 4.58. The van der Waals surface area contributed by atoms with Crippen molar-refractivity contribution in [1.29, 1.82) is 0 Å². The zero-order chi connectivity index (χ0) is 15.9. The average Bonchev–Trinajstić information content (AvgIpc) is 2.52. The summed E-state index contributed by atoms with van der Waals surface area (Å²) in [4.78, 5) is 23.6. The number of methoxy groups -OCH3 is 1. The molecule has 22 heavy (non-hydrogen) atoms. The summed E-state index contributed by atoms with van der Waals surface area (Å²) in [5.74, 6) is -0.0728. The molecule has 0 saturated carbocycles. The third-order valence-electron chi connectivity index (χ3n) is 2.94. The molecule has 0 radical (unpaired) electrons. The van der Waals surface area contributed by atoms with Crippen LogP contribution in [0.3, 0.4) is 0 Å². The summed E-state index contributed by atoms with van der Waals surface area (Å²) in [6.07, 6.45) is 0.0529. The van der Waals surface area contributed by atoms with Crippen molar-refractivity contribution in [2.24, 2.45) is 0 Å². The van der Waals surface area contributed by atoms with Gasteiger partial charge in [-0.15, -0.1) is 0 Å². The molecule has 0 spiro atoms. The molecule has 0 unspecified atom stereocenters. The summed E-state index contributed by atoms with van der Waals surface area (Å²) in [6, 6.07) is 12.9. The number of phenolic OH excluding ortho intramolecular Hbond substituents is 1. The Kier molecular flexibility index (Phi) is 4.98. The molecular weight excluding hydrogens is 284 g/mol. The SMILES string of the molecule is COc1ccc(C(=O)NNC(=O)Cc2cccc(O)c2)cc1. The Labute approximate surface area is 127 Å². The van der Waals surface area contributed by atoms with Gasteiger partial charge in [0, 0.05) is 5.56 Å². The second kappa shape index (κ2) is 7.12. The average molecular weight is 300 g/mol. The van der Waals surface area contributed by atoms with E-state index >= 15 is 0 Å². The van der Waals surface area contributed by atoms with Crippen molar-refractivity contribution in [3.63, 3.8) is 0 Å². The highest BCUT2D eigenvalue weighted by Gasteiger charge is 2.08. The van der Waals surface area contributed by atoms with Crippen molar-refractivity contribution >= 4 is 11.8 Å². The van der Waals surface area contributed by atoms with Gasteiger partial charge in [-0.05, 0) is 42.0 Å². The highest BCUT2D eigenvalue weighted by atomic mass is 16.5. The first-order valence-corrected chi connectivity index (χ1v) is 6.59. The van der Waals surface area contributed by atoms with Gasteiger partial charge in [0.15, 0.2) is 0 Å². The number of hydrogen-bond donors (Lipinski definition) is 3.